The molecule has 1 heterocycles. The van der Waals surface area contributed by atoms with Gasteiger partial charge < -0.3 is 10.2 Å². The molecule has 1 atom stereocenters. The van der Waals surface area contributed by atoms with Crippen molar-refractivity contribution < 1.29 is 13.6 Å². The lowest BCUT2D eigenvalue weighted by atomic mass is 10.2. The monoisotopic (exact) mass is 379 g/mol. The number of anilines is 2. The summed E-state index contributed by atoms with van der Waals surface area (Å²) in [6.07, 6.45) is 0. The fourth-order valence-electron chi connectivity index (χ4n) is 3.05. The number of carbonyl (C=O) groups is 1. The average Bonchev–Trinajstić information content (AvgIpc) is 2.64. The summed E-state index contributed by atoms with van der Waals surface area (Å²) in [5.74, 6) is -1.08. The van der Waals surface area contributed by atoms with Crippen LogP contribution in [0, 0.1) is 11.6 Å². The predicted molar refractivity (Wildman–Crippen MR) is 99.7 cm³/mol. The molecule has 1 aliphatic rings. The van der Waals surface area contributed by atoms with Crippen molar-refractivity contribution in [2.75, 3.05) is 36.4 Å². The SMILES string of the molecule is CC(C(=O)Nc1cc(Cl)ccc1F)N1CCN(c2ccccc2F)CC1. The number of para-hydroxylation sites is 1. The molecule has 26 heavy (non-hydrogen) atoms. The minimum atomic E-state index is -0.528. The van der Waals surface area contributed by atoms with Crippen LogP contribution in [0.4, 0.5) is 20.2 Å². The minimum absolute atomic E-state index is 0.0688. The van der Waals surface area contributed by atoms with E-state index in [4.69, 9.17) is 11.6 Å². The molecule has 0 bridgehead atoms. The molecule has 7 heteroatoms. The van der Waals surface area contributed by atoms with Crippen molar-refractivity contribution in [1.29, 1.82) is 0 Å². The van der Waals surface area contributed by atoms with E-state index in [-0.39, 0.29) is 17.4 Å². The molecule has 0 spiro atoms. The first kappa shape index (κ1) is 18.6. The third-order valence-corrected chi connectivity index (χ3v) is 4.86. The van der Waals surface area contributed by atoms with E-state index in [1.54, 1.807) is 25.1 Å². The van der Waals surface area contributed by atoms with Crippen LogP contribution in [0.5, 0.6) is 0 Å². The first-order chi connectivity index (χ1) is 12.5. The van der Waals surface area contributed by atoms with Crippen LogP contribution < -0.4 is 10.2 Å². The van der Waals surface area contributed by atoms with Crippen LogP contribution in [0.25, 0.3) is 0 Å². The van der Waals surface area contributed by atoms with Gasteiger partial charge in [-0.1, -0.05) is 23.7 Å². The highest BCUT2D eigenvalue weighted by Gasteiger charge is 2.27. The summed E-state index contributed by atoms with van der Waals surface area (Å²) < 4.78 is 27.7. The van der Waals surface area contributed by atoms with Crippen molar-refractivity contribution in [1.82, 2.24) is 4.90 Å². The summed E-state index contributed by atoms with van der Waals surface area (Å²) in [6, 6.07) is 10.3. The van der Waals surface area contributed by atoms with Gasteiger partial charge >= 0.3 is 0 Å². The highest BCUT2D eigenvalue weighted by Crippen LogP contribution is 2.22. The van der Waals surface area contributed by atoms with Crippen molar-refractivity contribution in [2.45, 2.75) is 13.0 Å². The van der Waals surface area contributed by atoms with Crippen LogP contribution in [0.1, 0.15) is 6.92 Å². The molecule has 3 rings (SSSR count). The summed E-state index contributed by atoms with van der Waals surface area (Å²) in [6.45, 7) is 4.23. The molecule has 138 valence electrons. The van der Waals surface area contributed by atoms with E-state index >= 15 is 0 Å². The van der Waals surface area contributed by atoms with Gasteiger partial charge in [-0.2, -0.15) is 0 Å². The van der Waals surface area contributed by atoms with E-state index in [0.29, 0.717) is 36.9 Å². The number of hydrogen-bond acceptors (Lipinski definition) is 3. The number of carbonyl (C=O) groups excluding carboxylic acids is 1. The molecule has 1 amide bonds. The zero-order valence-corrected chi connectivity index (χ0v) is 15.1. The molecule has 1 saturated heterocycles. The van der Waals surface area contributed by atoms with Crippen molar-refractivity contribution in [3.05, 3.63) is 59.1 Å². The highest BCUT2D eigenvalue weighted by molar-refractivity contribution is 6.30. The molecule has 1 N–H and O–H groups in total. The maximum absolute atomic E-state index is 13.9. The average molecular weight is 380 g/mol. The molecule has 4 nitrogen and oxygen atoms in total. The molecule has 1 aliphatic heterocycles. The molecular weight excluding hydrogens is 360 g/mol. The zero-order chi connectivity index (χ0) is 18.7. The number of nitrogens with one attached hydrogen (secondary N) is 1. The van der Waals surface area contributed by atoms with Crippen LogP contribution in [-0.4, -0.2) is 43.0 Å². The summed E-state index contributed by atoms with van der Waals surface area (Å²) >= 11 is 5.85. The Balaban J connectivity index is 1.59. The van der Waals surface area contributed by atoms with Gasteiger partial charge in [0.05, 0.1) is 17.4 Å². The van der Waals surface area contributed by atoms with Gasteiger partial charge in [0.15, 0.2) is 0 Å². The van der Waals surface area contributed by atoms with Gasteiger partial charge in [0.25, 0.3) is 0 Å². The second-order valence-electron chi connectivity index (χ2n) is 6.26. The van der Waals surface area contributed by atoms with Crippen LogP contribution in [0.3, 0.4) is 0 Å². The Labute approximate surface area is 156 Å². The van der Waals surface area contributed by atoms with E-state index in [1.165, 1.54) is 24.3 Å². The first-order valence-electron chi connectivity index (χ1n) is 8.45. The number of benzene rings is 2. The Morgan fingerprint density at radius 3 is 2.46 bits per heavy atom. The first-order valence-corrected chi connectivity index (χ1v) is 8.83. The molecular formula is C19H20ClF2N3O. The third kappa shape index (κ3) is 4.14. The maximum atomic E-state index is 13.9. The molecule has 0 saturated carbocycles. The lowest BCUT2D eigenvalue weighted by Gasteiger charge is -2.38. The van der Waals surface area contributed by atoms with Gasteiger partial charge in [-0.15, -0.1) is 0 Å². The molecule has 0 radical (unpaired) electrons. The Hall–Kier alpha value is -2.18. The maximum Gasteiger partial charge on any atom is 0.241 e. The molecule has 2 aromatic rings. The fourth-order valence-corrected chi connectivity index (χ4v) is 3.23. The van der Waals surface area contributed by atoms with E-state index in [2.05, 4.69) is 5.32 Å². The summed E-state index contributed by atoms with van der Waals surface area (Å²) in [5, 5.41) is 2.94. The van der Waals surface area contributed by atoms with E-state index in [0.717, 1.165) is 0 Å². The predicted octanol–water partition coefficient (Wildman–Crippen LogP) is 3.77. The number of halogens is 3. The van der Waals surface area contributed by atoms with E-state index < -0.39 is 11.9 Å². The molecule has 0 aliphatic carbocycles. The van der Waals surface area contributed by atoms with Crippen LogP contribution in [0.15, 0.2) is 42.5 Å². The van der Waals surface area contributed by atoms with Crippen molar-refractivity contribution in [3.8, 4) is 0 Å². The normalized spacial score (nSPS) is 16.4. The van der Waals surface area contributed by atoms with Gasteiger partial charge in [0.1, 0.15) is 11.6 Å². The summed E-state index contributed by atoms with van der Waals surface area (Å²) in [7, 11) is 0. The van der Waals surface area contributed by atoms with Crippen LogP contribution in [-0.2, 0) is 4.79 Å². The fraction of sp³-hybridized carbons (Fsp3) is 0.316. The standard InChI is InChI=1S/C19H20ClF2N3O/c1-13(19(26)23-17-12-14(20)6-7-15(17)21)24-8-10-25(11-9-24)18-5-3-2-4-16(18)22/h2-7,12-13H,8-11H2,1H3,(H,23,26). The Morgan fingerprint density at radius 1 is 1.08 bits per heavy atom. The smallest absolute Gasteiger partial charge is 0.241 e. The number of hydrogen-bond donors (Lipinski definition) is 1. The second kappa shape index (κ2) is 8.01. The quantitative estimate of drug-likeness (QED) is 0.878. The lowest BCUT2D eigenvalue weighted by Crippen LogP contribution is -2.53. The Bertz CT molecular complexity index is 794. The van der Waals surface area contributed by atoms with E-state index in [1.807, 2.05) is 9.80 Å². The van der Waals surface area contributed by atoms with Gasteiger partial charge in [0, 0.05) is 31.2 Å². The molecule has 1 fully saturated rings. The number of nitrogens with zero attached hydrogens (tertiary/aromatic N) is 2. The van der Waals surface area contributed by atoms with Crippen molar-refractivity contribution >= 4 is 28.9 Å². The topological polar surface area (TPSA) is 35.6 Å². The Morgan fingerprint density at radius 2 is 1.77 bits per heavy atom. The zero-order valence-electron chi connectivity index (χ0n) is 14.4. The highest BCUT2D eigenvalue weighted by atomic mass is 35.5. The van der Waals surface area contributed by atoms with Gasteiger partial charge in [0.2, 0.25) is 5.91 Å². The van der Waals surface area contributed by atoms with Gasteiger partial charge in [-0.25, -0.2) is 8.78 Å². The summed E-state index contributed by atoms with van der Waals surface area (Å²) in [4.78, 5) is 16.4. The molecule has 1 unspecified atom stereocenters. The lowest BCUT2D eigenvalue weighted by molar-refractivity contribution is -0.120. The van der Waals surface area contributed by atoms with Crippen LogP contribution in [0.2, 0.25) is 5.02 Å². The second-order valence-corrected chi connectivity index (χ2v) is 6.70. The Kier molecular flexibility index (Phi) is 5.74. The summed E-state index contributed by atoms with van der Waals surface area (Å²) in [5.41, 5.74) is 0.643. The third-order valence-electron chi connectivity index (χ3n) is 4.62. The number of piperazine rings is 1. The minimum Gasteiger partial charge on any atom is -0.367 e. The molecule has 2 aromatic carbocycles. The molecule has 0 aromatic heterocycles. The van der Waals surface area contributed by atoms with Crippen molar-refractivity contribution in [3.63, 3.8) is 0 Å². The van der Waals surface area contributed by atoms with Gasteiger partial charge in [-0.3, -0.25) is 9.69 Å². The largest absolute Gasteiger partial charge is 0.367 e. The van der Waals surface area contributed by atoms with E-state index in [9.17, 15) is 13.6 Å². The number of rotatable bonds is 4. The van der Waals surface area contributed by atoms with Crippen LogP contribution >= 0.6 is 11.6 Å². The van der Waals surface area contributed by atoms with Crippen molar-refractivity contribution in [2.24, 2.45) is 0 Å². The van der Waals surface area contributed by atoms with Gasteiger partial charge in [-0.05, 0) is 37.3 Å². The number of amides is 1.